The Kier molecular flexibility index (Phi) is 4.93. The Labute approximate surface area is 165 Å². The number of aromatic nitrogens is 5. The molecule has 0 unspecified atom stereocenters. The molecule has 2 aliphatic heterocycles. The van der Waals surface area contributed by atoms with Crippen LogP contribution in [0.25, 0.3) is 10.2 Å². The summed E-state index contributed by atoms with van der Waals surface area (Å²) in [6.07, 6.45) is 1.49. The van der Waals surface area contributed by atoms with E-state index in [0.717, 1.165) is 61.4 Å². The molecule has 0 radical (unpaired) electrons. The Morgan fingerprint density at radius 2 is 1.79 bits per heavy atom. The lowest BCUT2D eigenvalue weighted by molar-refractivity contribution is 0.121. The average Bonchev–Trinajstić information content (AvgIpc) is 3.42. The second kappa shape index (κ2) is 7.86. The van der Waals surface area contributed by atoms with Gasteiger partial charge >= 0.3 is 0 Å². The maximum atomic E-state index is 5.53. The van der Waals surface area contributed by atoms with Crippen molar-refractivity contribution in [1.82, 2.24) is 25.1 Å². The number of fused-ring (bicyclic) bond motifs is 1. The average molecular weight is 402 g/mol. The van der Waals surface area contributed by atoms with Crippen molar-refractivity contribution in [2.24, 2.45) is 0 Å². The van der Waals surface area contributed by atoms with Crippen molar-refractivity contribution in [2.45, 2.75) is 6.54 Å². The minimum absolute atomic E-state index is 0.658. The molecule has 2 aliphatic rings. The summed E-state index contributed by atoms with van der Waals surface area (Å²) in [6.45, 7) is 6.86. The lowest BCUT2D eigenvalue weighted by atomic mass is 10.3. The molecule has 11 heteroatoms. The molecule has 0 saturated carbocycles. The fraction of sp³-hybridized carbons (Fsp3) is 0.529. The van der Waals surface area contributed by atoms with Gasteiger partial charge in [0.15, 0.2) is 5.82 Å². The summed E-state index contributed by atoms with van der Waals surface area (Å²) in [6, 6.07) is 2.14. The zero-order chi connectivity index (χ0) is 18.8. The van der Waals surface area contributed by atoms with Crippen molar-refractivity contribution in [3.05, 3.63) is 17.3 Å². The van der Waals surface area contributed by atoms with Gasteiger partial charge in [0.05, 0.1) is 43.2 Å². The van der Waals surface area contributed by atoms with Crippen LogP contribution in [0, 0.1) is 0 Å². The third kappa shape index (κ3) is 3.60. The van der Waals surface area contributed by atoms with Gasteiger partial charge in [0.1, 0.15) is 6.33 Å². The second-order valence-corrected chi connectivity index (χ2v) is 7.80. The third-order valence-electron chi connectivity index (χ3n) is 4.84. The van der Waals surface area contributed by atoms with Crippen LogP contribution in [0.1, 0.15) is 4.88 Å². The highest BCUT2D eigenvalue weighted by Gasteiger charge is 2.22. The van der Waals surface area contributed by atoms with E-state index in [9.17, 15) is 0 Å². The van der Waals surface area contributed by atoms with E-state index in [1.54, 1.807) is 11.3 Å². The second-order valence-electron chi connectivity index (χ2n) is 6.66. The third-order valence-corrected chi connectivity index (χ3v) is 5.96. The van der Waals surface area contributed by atoms with Crippen LogP contribution < -0.4 is 15.1 Å². The Morgan fingerprint density at radius 1 is 1.04 bits per heavy atom. The molecule has 3 aromatic heterocycles. The van der Waals surface area contributed by atoms with Gasteiger partial charge in [0, 0.05) is 31.1 Å². The van der Waals surface area contributed by atoms with Gasteiger partial charge in [-0.05, 0) is 6.07 Å². The van der Waals surface area contributed by atoms with Crippen molar-refractivity contribution in [3.8, 4) is 0 Å². The van der Waals surface area contributed by atoms with Crippen LogP contribution in [0.5, 0.6) is 0 Å². The molecule has 148 valence electrons. The van der Waals surface area contributed by atoms with Gasteiger partial charge in [-0.15, -0.1) is 11.3 Å². The number of morpholine rings is 2. The first-order valence-electron chi connectivity index (χ1n) is 9.42. The molecule has 3 aromatic rings. The van der Waals surface area contributed by atoms with Crippen molar-refractivity contribution in [3.63, 3.8) is 0 Å². The van der Waals surface area contributed by atoms with Gasteiger partial charge in [-0.2, -0.15) is 10.1 Å². The fourth-order valence-electron chi connectivity index (χ4n) is 3.40. The van der Waals surface area contributed by atoms with E-state index in [1.165, 1.54) is 11.2 Å². The van der Waals surface area contributed by atoms with E-state index in [4.69, 9.17) is 19.4 Å². The lowest BCUT2D eigenvalue weighted by Crippen LogP contribution is -2.39. The highest BCUT2D eigenvalue weighted by Crippen LogP contribution is 2.34. The molecule has 5 rings (SSSR count). The van der Waals surface area contributed by atoms with Crippen LogP contribution in [0.15, 0.2) is 12.4 Å². The predicted molar refractivity (Wildman–Crippen MR) is 107 cm³/mol. The SMILES string of the molecule is c1n[nH]c(NCc2cc3nc(N4CCOCC4)nc(N4CCOCC4)c3s2)n1. The molecule has 2 fully saturated rings. The zero-order valence-corrected chi connectivity index (χ0v) is 16.2. The number of aromatic amines is 1. The van der Waals surface area contributed by atoms with Crippen molar-refractivity contribution in [1.29, 1.82) is 0 Å². The van der Waals surface area contributed by atoms with Gasteiger partial charge in [-0.1, -0.05) is 0 Å². The molecule has 5 heterocycles. The monoisotopic (exact) mass is 402 g/mol. The van der Waals surface area contributed by atoms with E-state index in [-0.39, 0.29) is 0 Å². The molecular formula is C17H22N8O2S. The number of hydrogen-bond donors (Lipinski definition) is 2. The molecule has 0 amide bonds. The lowest BCUT2D eigenvalue weighted by Gasteiger charge is -2.30. The Hall–Kier alpha value is -2.50. The molecular weight excluding hydrogens is 380 g/mol. The Balaban J connectivity index is 1.49. The summed E-state index contributed by atoms with van der Waals surface area (Å²) in [7, 11) is 0. The summed E-state index contributed by atoms with van der Waals surface area (Å²) in [5, 5.41) is 9.94. The predicted octanol–water partition coefficient (Wildman–Crippen LogP) is 1.09. The van der Waals surface area contributed by atoms with Crippen LogP contribution >= 0.6 is 11.3 Å². The normalized spacial score (nSPS) is 18.0. The number of nitrogens with zero attached hydrogens (tertiary/aromatic N) is 6. The molecule has 0 spiro atoms. The molecule has 2 N–H and O–H groups in total. The van der Waals surface area contributed by atoms with Gasteiger partial charge in [0.25, 0.3) is 0 Å². The molecule has 0 aromatic carbocycles. The number of anilines is 3. The van der Waals surface area contributed by atoms with Gasteiger partial charge in [-0.25, -0.2) is 15.1 Å². The van der Waals surface area contributed by atoms with Crippen LogP contribution in [-0.2, 0) is 16.0 Å². The summed E-state index contributed by atoms with van der Waals surface area (Å²) in [5.41, 5.74) is 0.984. The first-order valence-corrected chi connectivity index (χ1v) is 10.2. The number of nitrogens with one attached hydrogen (secondary N) is 2. The number of hydrogen-bond acceptors (Lipinski definition) is 10. The Morgan fingerprint density at radius 3 is 2.50 bits per heavy atom. The molecule has 0 bridgehead atoms. The first kappa shape index (κ1) is 17.6. The molecule has 0 atom stereocenters. The van der Waals surface area contributed by atoms with Crippen molar-refractivity contribution < 1.29 is 9.47 Å². The van der Waals surface area contributed by atoms with E-state index in [1.807, 2.05) is 0 Å². The summed E-state index contributed by atoms with van der Waals surface area (Å²) in [4.78, 5) is 19.6. The minimum Gasteiger partial charge on any atom is -0.378 e. The number of H-pyrrole nitrogens is 1. The molecule has 0 aliphatic carbocycles. The van der Waals surface area contributed by atoms with Crippen LogP contribution in [0.3, 0.4) is 0 Å². The highest BCUT2D eigenvalue weighted by molar-refractivity contribution is 7.19. The largest absolute Gasteiger partial charge is 0.378 e. The van der Waals surface area contributed by atoms with Crippen LogP contribution in [0.2, 0.25) is 0 Å². The maximum absolute atomic E-state index is 5.53. The quantitative estimate of drug-likeness (QED) is 0.649. The number of ether oxygens (including phenoxy) is 2. The summed E-state index contributed by atoms with van der Waals surface area (Å²) >= 11 is 1.72. The maximum Gasteiger partial charge on any atom is 0.228 e. The standard InChI is InChI=1S/C17H22N8O2S/c1-5-26-6-2-24(1)15-14-13(21-17(22-15)25-3-7-27-8-4-25)9-12(28-14)10-18-16-19-11-20-23-16/h9,11H,1-8,10H2,(H2,18,19,20,23). The molecule has 2 saturated heterocycles. The van der Waals surface area contributed by atoms with E-state index in [2.05, 4.69) is 36.4 Å². The fourth-order valence-corrected chi connectivity index (χ4v) is 4.45. The van der Waals surface area contributed by atoms with Gasteiger partial charge in [0.2, 0.25) is 11.9 Å². The van der Waals surface area contributed by atoms with E-state index < -0.39 is 0 Å². The Bertz CT molecular complexity index is 919. The molecule has 10 nitrogen and oxygen atoms in total. The van der Waals surface area contributed by atoms with E-state index >= 15 is 0 Å². The number of thiophene rings is 1. The van der Waals surface area contributed by atoms with Gasteiger partial charge in [-0.3, -0.25) is 0 Å². The van der Waals surface area contributed by atoms with Crippen molar-refractivity contribution >= 4 is 39.3 Å². The summed E-state index contributed by atoms with van der Waals surface area (Å²) in [5.74, 6) is 2.45. The topological polar surface area (TPSA) is 104 Å². The zero-order valence-electron chi connectivity index (χ0n) is 15.4. The van der Waals surface area contributed by atoms with E-state index in [0.29, 0.717) is 25.7 Å². The highest BCUT2D eigenvalue weighted by atomic mass is 32.1. The van der Waals surface area contributed by atoms with Gasteiger partial charge < -0.3 is 24.6 Å². The number of rotatable bonds is 5. The first-order chi connectivity index (χ1) is 13.9. The van der Waals surface area contributed by atoms with Crippen molar-refractivity contribution in [2.75, 3.05) is 67.7 Å². The smallest absolute Gasteiger partial charge is 0.228 e. The molecule has 28 heavy (non-hydrogen) atoms. The van der Waals surface area contributed by atoms with Crippen LogP contribution in [0.4, 0.5) is 17.7 Å². The minimum atomic E-state index is 0.658. The van der Waals surface area contributed by atoms with Crippen LogP contribution in [-0.4, -0.2) is 77.8 Å². The summed E-state index contributed by atoms with van der Waals surface area (Å²) < 4.78 is 12.1.